The van der Waals surface area contributed by atoms with E-state index in [1.54, 1.807) is 23.5 Å². The fourth-order valence-electron chi connectivity index (χ4n) is 2.42. The molecule has 1 aliphatic rings. The molecule has 2 atom stereocenters. The Hall–Kier alpha value is -1.69. The molecule has 0 spiro atoms. The van der Waals surface area contributed by atoms with Crippen LogP contribution in [-0.4, -0.2) is 45.8 Å². The van der Waals surface area contributed by atoms with Crippen LogP contribution in [0.25, 0.3) is 0 Å². The van der Waals surface area contributed by atoms with Gasteiger partial charge in [-0.1, -0.05) is 0 Å². The standard InChI is InChI=1S/C16H25N3O3/c1-12(14-10-17-7-8-18-14)21-13-6-5-9-19(11-13)15(20)22-16(2,3)4/h7-8,10,12-13H,5-6,9,11H2,1-4H3/t12?,13-/m1/s1. The molecule has 1 aliphatic heterocycles. The van der Waals surface area contributed by atoms with Crippen LogP contribution in [0.1, 0.15) is 52.3 Å². The highest BCUT2D eigenvalue weighted by Gasteiger charge is 2.29. The Labute approximate surface area is 131 Å². The van der Waals surface area contributed by atoms with E-state index in [0.29, 0.717) is 13.1 Å². The number of nitrogens with zero attached hydrogens (tertiary/aromatic N) is 3. The van der Waals surface area contributed by atoms with Gasteiger partial charge in [-0.15, -0.1) is 0 Å². The summed E-state index contributed by atoms with van der Waals surface area (Å²) in [6.45, 7) is 8.85. The summed E-state index contributed by atoms with van der Waals surface area (Å²) in [6.07, 6.45) is 6.44. The van der Waals surface area contributed by atoms with Crippen LogP contribution >= 0.6 is 0 Å². The van der Waals surface area contributed by atoms with Crippen molar-refractivity contribution in [1.82, 2.24) is 14.9 Å². The minimum Gasteiger partial charge on any atom is -0.444 e. The second-order valence-corrected chi connectivity index (χ2v) is 6.60. The van der Waals surface area contributed by atoms with E-state index in [1.807, 2.05) is 27.7 Å². The molecule has 0 aromatic carbocycles. The average Bonchev–Trinajstić information content (AvgIpc) is 2.46. The summed E-state index contributed by atoms with van der Waals surface area (Å²) in [7, 11) is 0. The van der Waals surface area contributed by atoms with Gasteiger partial charge >= 0.3 is 6.09 Å². The van der Waals surface area contributed by atoms with E-state index in [1.165, 1.54) is 0 Å². The first-order chi connectivity index (χ1) is 10.3. The molecule has 22 heavy (non-hydrogen) atoms. The Morgan fingerprint density at radius 3 is 2.82 bits per heavy atom. The molecule has 0 radical (unpaired) electrons. The van der Waals surface area contributed by atoms with Crippen molar-refractivity contribution in [3.8, 4) is 0 Å². The summed E-state index contributed by atoms with van der Waals surface area (Å²) in [5.74, 6) is 0. The first-order valence-corrected chi connectivity index (χ1v) is 7.74. The molecule has 122 valence electrons. The van der Waals surface area contributed by atoms with Crippen LogP contribution in [0.4, 0.5) is 4.79 Å². The Kier molecular flexibility index (Phi) is 5.34. The minimum atomic E-state index is -0.474. The number of aromatic nitrogens is 2. The van der Waals surface area contributed by atoms with E-state index in [9.17, 15) is 4.79 Å². The highest BCUT2D eigenvalue weighted by atomic mass is 16.6. The number of rotatable bonds is 3. The molecule has 2 rings (SSSR count). The molecule has 1 amide bonds. The highest BCUT2D eigenvalue weighted by molar-refractivity contribution is 5.68. The van der Waals surface area contributed by atoms with Gasteiger partial charge < -0.3 is 14.4 Å². The first kappa shape index (κ1) is 16.7. The van der Waals surface area contributed by atoms with Gasteiger partial charge in [-0.3, -0.25) is 9.97 Å². The first-order valence-electron chi connectivity index (χ1n) is 7.74. The number of piperidine rings is 1. The number of likely N-dealkylation sites (tertiary alicyclic amines) is 1. The van der Waals surface area contributed by atoms with Gasteiger partial charge in [0.05, 0.1) is 30.6 Å². The molecule has 0 N–H and O–H groups in total. The van der Waals surface area contributed by atoms with Gasteiger partial charge in [-0.05, 0) is 40.5 Å². The molecular weight excluding hydrogens is 282 g/mol. The van der Waals surface area contributed by atoms with Crippen molar-refractivity contribution < 1.29 is 14.3 Å². The molecule has 1 unspecified atom stereocenters. The number of carbonyl (C=O) groups excluding carboxylic acids is 1. The summed E-state index contributed by atoms with van der Waals surface area (Å²) in [5.41, 5.74) is 0.328. The number of carbonyl (C=O) groups is 1. The highest BCUT2D eigenvalue weighted by Crippen LogP contribution is 2.22. The van der Waals surface area contributed by atoms with E-state index in [0.717, 1.165) is 18.5 Å². The monoisotopic (exact) mass is 307 g/mol. The third-order valence-electron chi connectivity index (χ3n) is 3.43. The molecule has 6 heteroatoms. The Morgan fingerprint density at radius 1 is 1.41 bits per heavy atom. The van der Waals surface area contributed by atoms with Crippen molar-refractivity contribution >= 4 is 6.09 Å². The van der Waals surface area contributed by atoms with Gasteiger partial charge in [0, 0.05) is 18.9 Å². The smallest absolute Gasteiger partial charge is 0.410 e. The van der Waals surface area contributed by atoms with Crippen molar-refractivity contribution in [1.29, 1.82) is 0 Å². The maximum absolute atomic E-state index is 12.1. The summed E-state index contributed by atoms with van der Waals surface area (Å²) in [4.78, 5) is 22.2. The second-order valence-electron chi connectivity index (χ2n) is 6.60. The lowest BCUT2D eigenvalue weighted by molar-refractivity contribution is -0.0498. The number of hydrogen-bond acceptors (Lipinski definition) is 5. The molecule has 0 saturated carbocycles. The van der Waals surface area contributed by atoms with E-state index < -0.39 is 5.60 Å². The van der Waals surface area contributed by atoms with Crippen LogP contribution in [-0.2, 0) is 9.47 Å². The van der Waals surface area contributed by atoms with E-state index in [-0.39, 0.29) is 18.3 Å². The SMILES string of the molecule is CC(O[C@@H]1CCCN(C(=O)OC(C)(C)C)C1)c1cnccn1. The predicted molar refractivity (Wildman–Crippen MR) is 82.4 cm³/mol. The van der Waals surface area contributed by atoms with Crippen LogP contribution < -0.4 is 0 Å². The summed E-state index contributed by atoms with van der Waals surface area (Å²) >= 11 is 0. The lowest BCUT2D eigenvalue weighted by Crippen LogP contribution is -2.45. The quantitative estimate of drug-likeness (QED) is 0.859. The topological polar surface area (TPSA) is 64.5 Å². The van der Waals surface area contributed by atoms with E-state index in [2.05, 4.69) is 9.97 Å². The molecule has 1 fully saturated rings. The molecule has 0 bridgehead atoms. The van der Waals surface area contributed by atoms with Gasteiger partial charge in [-0.25, -0.2) is 4.79 Å². The van der Waals surface area contributed by atoms with Gasteiger partial charge in [0.15, 0.2) is 0 Å². The van der Waals surface area contributed by atoms with E-state index in [4.69, 9.17) is 9.47 Å². The number of ether oxygens (including phenoxy) is 2. The fraction of sp³-hybridized carbons (Fsp3) is 0.688. The van der Waals surface area contributed by atoms with Crippen LogP contribution in [0.3, 0.4) is 0 Å². The molecule has 0 aliphatic carbocycles. The largest absolute Gasteiger partial charge is 0.444 e. The maximum atomic E-state index is 12.1. The molecular formula is C16H25N3O3. The number of hydrogen-bond donors (Lipinski definition) is 0. The second kappa shape index (κ2) is 7.05. The van der Waals surface area contributed by atoms with Crippen LogP contribution in [0.5, 0.6) is 0 Å². The Morgan fingerprint density at radius 2 is 2.18 bits per heavy atom. The molecule has 2 heterocycles. The lowest BCUT2D eigenvalue weighted by atomic mass is 10.1. The zero-order chi connectivity index (χ0) is 16.2. The van der Waals surface area contributed by atoms with E-state index >= 15 is 0 Å². The zero-order valence-corrected chi connectivity index (χ0v) is 13.8. The Bertz CT molecular complexity index is 487. The van der Waals surface area contributed by atoms with Gasteiger partial charge in [0.25, 0.3) is 0 Å². The van der Waals surface area contributed by atoms with Gasteiger partial charge in [-0.2, -0.15) is 0 Å². The van der Waals surface area contributed by atoms with Crippen LogP contribution in [0.15, 0.2) is 18.6 Å². The molecule has 1 saturated heterocycles. The molecule has 1 aromatic rings. The minimum absolute atomic E-state index is 0.00160. The van der Waals surface area contributed by atoms with Gasteiger partial charge in [0.2, 0.25) is 0 Å². The zero-order valence-electron chi connectivity index (χ0n) is 13.8. The van der Waals surface area contributed by atoms with Crippen molar-refractivity contribution in [2.75, 3.05) is 13.1 Å². The third-order valence-corrected chi connectivity index (χ3v) is 3.43. The predicted octanol–water partition coefficient (Wildman–Crippen LogP) is 2.95. The van der Waals surface area contributed by atoms with Gasteiger partial charge in [0.1, 0.15) is 5.60 Å². The number of amides is 1. The summed E-state index contributed by atoms with van der Waals surface area (Å²) in [6, 6.07) is 0. The van der Waals surface area contributed by atoms with Crippen LogP contribution in [0.2, 0.25) is 0 Å². The average molecular weight is 307 g/mol. The summed E-state index contributed by atoms with van der Waals surface area (Å²) < 4.78 is 11.5. The maximum Gasteiger partial charge on any atom is 0.410 e. The lowest BCUT2D eigenvalue weighted by Gasteiger charge is -2.35. The fourth-order valence-corrected chi connectivity index (χ4v) is 2.42. The Balaban J connectivity index is 1.89. The molecule has 6 nitrogen and oxygen atoms in total. The normalized spacial score (nSPS) is 20.5. The molecule has 1 aromatic heterocycles. The summed E-state index contributed by atoms with van der Waals surface area (Å²) in [5, 5.41) is 0. The third kappa shape index (κ3) is 4.94. The van der Waals surface area contributed by atoms with Crippen LogP contribution in [0, 0.1) is 0 Å². The van der Waals surface area contributed by atoms with Crippen molar-refractivity contribution in [3.05, 3.63) is 24.3 Å². The van der Waals surface area contributed by atoms with Crippen molar-refractivity contribution in [3.63, 3.8) is 0 Å². The van der Waals surface area contributed by atoms with Crippen molar-refractivity contribution in [2.24, 2.45) is 0 Å². The van der Waals surface area contributed by atoms with Crippen molar-refractivity contribution in [2.45, 2.75) is 58.3 Å².